The van der Waals surface area contributed by atoms with Crippen molar-refractivity contribution in [3.8, 4) is 0 Å². The summed E-state index contributed by atoms with van der Waals surface area (Å²) in [5, 5.41) is 2.74. The highest BCUT2D eigenvalue weighted by Gasteiger charge is 2.45. The number of esters is 1. The van der Waals surface area contributed by atoms with Gasteiger partial charge in [-0.15, -0.1) is 0 Å². The van der Waals surface area contributed by atoms with Gasteiger partial charge in [0.2, 0.25) is 15.9 Å². The third-order valence-electron chi connectivity index (χ3n) is 5.18. The fourth-order valence-electron chi connectivity index (χ4n) is 3.32. The molecule has 1 aliphatic rings. The molecule has 0 bridgehead atoms. The minimum atomic E-state index is -4.13. The van der Waals surface area contributed by atoms with E-state index in [4.69, 9.17) is 4.74 Å². The number of nitrogens with one attached hydrogen (secondary N) is 2. The van der Waals surface area contributed by atoms with Crippen LogP contribution in [0.3, 0.4) is 0 Å². The molecule has 0 fully saturated rings. The van der Waals surface area contributed by atoms with E-state index in [2.05, 4.69) is 10.0 Å². The SMILES string of the molecule is C[C@H](NS(=O)(=O)c1ccc(F)cc1)C(=O)O[C@H](C)C(=O)N1c2ccccc2NC(=O)C1(C)C. The molecule has 0 spiro atoms. The lowest BCUT2D eigenvalue weighted by Crippen LogP contribution is -2.60. The van der Waals surface area contributed by atoms with Gasteiger partial charge in [-0.1, -0.05) is 12.1 Å². The van der Waals surface area contributed by atoms with Crippen molar-refractivity contribution in [3.63, 3.8) is 0 Å². The molecular weight excluding hydrogens is 453 g/mol. The Labute approximate surface area is 191 Å². The number of rotatable bonds is 6. The molecule has 0 aliphatic carbocycles. The van der Waals surface area contributed by atoms with Crippen LogP contribution in [0.25, 0.3) is 0 Å². The maximum Gasteiger partial charge on any atom is 0.324 e. The highest BCUT2D eigenvalue weighted by molar-refractivity contribution is 7.89. The van der Waals surface area contributed by atoms with Gasteiger partial charge in [0.25, 0.3) is 5.91 Å². The zero-order chi connectivity index (χ0) is 24.6. The third-order valence-corrected chi connectivity index (χ3v) is 6.73. The van der Waals surface area contributed by atoms with Crippen LogP contribution in [0, 0.1) is 5.82 Å². The molecule has 1 aliphatic heterocycles. The van der Waals surface area contributed by atoms with E-state index >= 15 is 0 Å². The molecule has 2 atom stereocenters. The molecule has 3 rings (SSSR count). The fourth-order valence-corrected chi connectivity index (χ4v) is 4.51. The van der Waals surface area contributed by atoms with Crippen LogP contribution in [0.5, 0.6) is 0 Å². The summed E-state index contributed by atoms with van der Waals surface area (Å²) in [4.78, 5) is 39.3. The smallest absolute Gasteiger partial charge is 0.324 e. The van der Waals surface area contributed by atoms with Gasteiger partial charge in [0.1, 0.15) is 17.4 Å². The Morgan fingerprint density at radius 3 is 2.33 bits per heavy atom. The van der Waals surface area contributed by atoms with E-state index < -0.39 is 51.3 Å². The molecule has 0 saturated heterocycles. The number of hydrogen-bond donors (Lipinski definition) is 2. The molecular formula is C22H24FN3O6S. The number of carbonyl (C=O) groups is 3. The maximum absolute atomic E-state index is 13.2. The minimum Gasteiger partial charge on any atom is -0.451 e. The number of halogens is 1. The van der Waals surface area contributed by atoms with E-state index in [1.807, 2.05) is 0 Å². The molecule has 0 aromatic heterocycles. The van der Waals surface area contributed by atoms with Crippen LogP contribution < -0.4 is 14.9 Å². The van der Waals surface area contributed by atoms with Crippen LogP contribution in [-0.4, -0.2) is 43.9 Å². The zero-order valence-corrected chi connectivity index (χ0v) is 19.3. The number of amides is 2. The molecule has 0 saturated carbocycles. The Morgan fingerprint density at radius 2 is 1.70 bits per heavy atom. The molecule has 2 aromatic rings. The Hall–Kier alpha value is -3.31. The van der Waals surface area contributed by atoms with Crippen molar-refractivity contribution in [2.75, 3.05) is 10.2 Å². The van der Waals surface area contributed by atoms with E-state index in [0.29, 0.717) is 11.4 Å². The largest absolute Gasteiger partial charge is 0.451 e. The number of benzene rings is 2. The first-order valence-electron chi connectivity index (χ1n) is 10.1. The van der Waals surface area contributed by atoms with Crippen molar-refractivity contribution in [3.05, 3.63) is 54.3 Å². The van der Waals surface area contributed by atoms with E-state index in [9.17, 15) is 27.2 Å². The van der Waals surface area contributed by atoms with Crippen LogP contribution >= 0.6 is 0 Å². The topological polar surface area (TPSA) is 122 Å². The number of para-hydroxylation sites is 2. The summed E-state index contributed by atoms with van der Waals surface area (Å²) in [5.74, 6) is -2.66. The molecule has 0 unspecified atom stereocenters. The predicted molar refractivity (Wildman–Crippen MR) is 118 cm³/mol. The lowest BCUT2D eigenvalue weighted by Gasteiger charge is -2.42. The summed E-state index contributed by atoms with van der Waals surface area (Å²) < 4.78 is 45.3. The van der Waals surface area contributed by atoms with Gasteiger partial charge in [-0.2, -0.15) is 4.72 Å². The number of carbonyl (C=O) groups excluding carboxylic acids is 3. The Kier molecular flexibility index (Phi) is 6.57. The van der Waals surface area contributed by atoms with Gasteiger partial charge in [0.15, 0.2) is 6.10 Å². The van der Waals surface area contributed by atoms with Gasteiger partial charge in [-0.25, -0.2) is 12.8 Å². The Bertz CT molecular complexity index is 1200. The summed E-state index contributed by atoms with van der Waals surface area (Å²) in [6, 6.07) is 9.45. The minimum absolute atomic E-state index is 0.231. The van der Waals surface area contributed by atoms with Crippen molar-refractivity contribution in [2.45, 2.75) is 50.3 Å². The van der Waals surface area contributed by atoms with Crippen LogP contribution in [-0.2, 0) is 29.1 Å². The predicted octanol–water partition coefficient (Wildman–Crippen LogP) is 2.19. The van der Waals surface area contributed by atoms with E-state index in [1.165, 1.54) is 18.7 Å². The summed E-state index contributed by atoms with van der Waals surface area (Å²) in [7, 11) is -4.13. The van der Waals surface area contributed by atoms with Gasteiger partial charge in [-0.05, 0) is 64.1 Å². The standard InChI is InChI=1S/C22H24FN3O6S/c1-13(25-33(30,31)16-11-9-15(23)10-12-16)20(28)32-14(2)19(27)26-18-8-6-5-7-17(18)24-21(29)22(26,3)4/h5-14,25H,1-4H3,(H,24,29)/t13-,14+/m0/s1. The Balaban J connectivity index is 1.74. The molecule has 11 heteroatoms. The second-order valence-electron chi connectivity index (χ2n) is 8.08. The molecule has 9 nitrogen and oxygen atoms in total. The summed E-state index contributed by atoms with van der Waals surface area (Å²) >= 11 is 0. The van der Waals surface area contributed by atoms with E-state index in [0.717, 1.165) is 24.3 Å². The van der Waals surface area contributed by atoms with E-state index in [-0.39, 0.29) is 4.90 Å². The first kappa shape index (κ1) is 24.3. The van der Waals surface area contributed by atoms with Crippen molar-refractivity contribution >= 4 is 39.2 Å². The average Bonchev–Trinajstić information content (AvgIpc) is 2.74. The van der Waals surface area contributed by atoms with Gasteiger partial charge >= 0.3 is 5.97 Å². The van der Waals surface area contributed by atoms with Crippen LogP contribution in [0.1, 0.15) is 27.7 Å². The third kappa shape index (κ3) is 4.88. The highest BCUT2D eigenvalue weighted by atomic mass is 32.2. The highest BCUT2D eigenvalue weighted by Crippen LogP contribution is 2.37. The maximum atomic E-state index is 13.2. The molecule has 176 valence electrons. The molecule has 0 radical (unpaired) electrons. The van der Waals surface area contributed by atoms with E-state index in [1.54, 1.807) is 38.1 Å². The van der Waals surface area contributed by atoms with Gasteiger partial charge in [0.05, 0.1) is 16.3 Å². The summed E-state index contributed by atoms with van der Waals surface area (Å²) in [6.45, 7) is 5.72. The normalized spacial score (nSPS) is 16.9. The number of anilines is 2. The quantitative estimate of drug-likeness (QED) is 0.615. The first-order chi connectivity index (χ1) is 15.3. The average molecular weight is 478 g/mol. The number of sulfonamides is 1. The van der Waals surface area contributed by atoms with Crippen molar-refractivity contribution < 1.29 is 31.9 Å². The molecule has 1 heterocycles. The number of hydrogen-bond acceptors (Lipinski definition) is 6. The van der Waals surface area contributed by atoms with Gasteiger partial charge in [-0.3, -0.25) is 19.3 Å². The van der Waals surface area contributed by atoms with Crippen LogP contribution in [0.15, 0.2) is 53.4 Å². The molecule has 2 amide bonds. The van der Waals surface area contributed by atoms with Crippen molar-refractivity contribution in [1.29, 1.82) is 0 Å². The van der Waals surface area contributed by atoms with Crippen LogP contribution in [0.2, 0.25) is 0 Å². The second kappa shape index (κ2) is 8.91. The fraction of sp³-hybridized carbons (Fsp3) is 0.318. The molecule has 2 N–H and O–H groups in total. The Morgan fingerprint density at radius 1 is 1.09 bits per heavy atom. The molecule has 2 aromatic carbocycles. The number of fused-ring (bicyclic) bond motifs is 1. The lowest BCUT2D eigenvalue weighted by atomic mass is 9.95. The number of nitrogens with zero attached hydrogens (tertiary/aromatic N) is 1. The van der Waals surface area contributed by atoms with Gasteiger partial charge < -0.3 is 10.1 Å². The van der Waals surface area contributed by atoms with Crippen molar-refractivity contribution in [1.82, 2.24) is 4.72 Å². The first-order valence-corrected chi connectivity index (χ1v) is 11.6. The zero-order valence-electron chi connectivity index (χ0n) is 18.5. The lowest BCUT2D eigenvalue weighted by molar-refractivity contribution is -0.155. The monoisotopic (exact) mass is 477 g/mol. The second-order valence-corrected chi connectivity index (χ2v) is 9.79. The number of ether oxygens (including phenoxy) is 1. The summed E-state index contributed by atoms with van der Waals surface area (Å²) in [5.41, 5.74) is -0.379. The van der Waals surface area contributed by atoms with Crippen molar-refractivity contribution in [2.24, 2.45) is 0 Å². The summed E-state index contributed by atoms with van der Waals surface area (Å²) in [6.07, 6.45) is -1.31. The van der Waals surface area contributed by atoms with Crippen LogP contribution in [0.4, 0.5) is 15.8 Å². The molecule has 33 heavy (non-hydrogen) atoms. The van der Waals surface area contributed by atoms with Gasteiger partial charge in [0, 0.05) is 0 Å².